The van der Waals surface area contributed by atoms with Gasteiger partial charge in [-0.05, 0) is 12.1 Å². The van der Waals surface area contributed by atoms with E-state index in [2.05, 4.69) is 21.2 Å². The molecule has 118 valence electrons. The van der Waals surface area contributed by atoms with E-state index in [0.717, 1.165) is 26.2 Å². The van der Waals surface area contributed by atoms with Gasteiger partial charge in [0.15, 0.2) is 0 Å². The number of nitriles is 1. The van der Waals surface area contributed by atoms with Crippen molar-refractivity contribution in [1.82, 2.24) is 10.2 Å². The lowest BCUT2D eigenvalue weighted by atomic mass is 10.0. The molecule has 1 heterocycles. The smallest absolute Gasteiger partial charge is 0.139 e. The van der Waals surface area contributed by atoms with Crippen molar-refractivity contribution in [3.63, 3.8) is 0 Å². The lowest BCUT2D eigenvalue weighted by Gasteiger charge is -2.34. The van der Waals surface area contributed by atoms with Crippen LogP contribution in [0.25, 0.3) is 0 Å². The Balaban J connectivity index is 0.00000200. The van der Waals surface area contributed by atoms with Crippen molar-refractivity contribution in [1.29, 1.82) is 5.26 Å². The summed E-state index contributed by atoms with van der Waals surface area (Å²) in [6.45, 7) is 2.44. The van der Waals surface area contributed by atoms with Gasteiger partial charge in [0.2, 0.25) is 0 Å². The molecule has 1 aliphatic rings. The summed E-state index contributed by atoms with van der Waals surface area (Å²) >= 11 is 3.34. The van der Waals surface area contributed by atoms with Gasteiger partial charge in [0.1, 0.15) is 18.5 Å². The van der Waals surface area contributed by atoms with Crippen LogP contribution in [-0.2, 0) is 0 Å². The van der Waals surface area contributed by atoms with E-state index < -0.39 is 12.7 Å². The second-order valence-corrected chi connectivity index (χ2v) is 5.28. The minimum Gasteiger partial charge on any atom is -0.506 e. The molecule has 1 atom stereocenters. The Bertz CT molecular complexity index is 507. The first kappa shape index (κ1) is 20.4. The second-order valence-electron chi connectivity index (χ2n) is 4.43. The van der Waals surface area contributed by atoms with Crippen molar-refractivity contribution in [3.05, 3.63) is 27.7 Å². The maximum Gasteiger partial charge on any atom is 0.139 e. The molecular weight excluding hydrogens is 384 g/mol. The van der Waals surface area contributed by atoms with E-state index in [4.69, 9.17) is 5.26 Å². The quantitative estimate of drug-likeness (QED) is 0.818. The fourth-order valence-corrected chi connectivity index (χ4v) is 2.93. The maximum absolute atomic E-state index is 13.4. The Morgan fingerprint density at radius 3 is 2.52 bits per heavy atom. The number of piperazine rings is 1. The predicted octanol–water partition coefficient (Wildman–Crippen LogP) is 2.79. The van der Waals surface area contributed by atoms with Crippen LogP contribution >= 0.6 is 40.7 Å². The number of alkyl halides is 1. The molecule has 1 aliphatic heterocycles. The third-order valence-corrected chi connectivity index (χ3v) is 4.05. The molecule has 1 aromatic carbocycles. The van der Waals surface area contributed by atoms with Gasteiger partial charge in [-0.15, -0.1) is 24.8 Å². The Labute approximate surface area is 144 Å². The topological polar surface area (TPSA) is 59.3 Å². The molecule has 8 heteroatoms. The highest BCUT2D eigenvalue weighted by Gasteiger charge is 2.27. The van der Waals surface area contributed by atoms with E-state index in [1.165, 1.54) is 6.07 Å². The Morgan fingerprint density at radius 1 is 1.38 bits per heavy atom. The van der Waals surface area contributed by atoms with Gasteiger partial charge in [-0.2, -0.15) is 5.26 Å². The molecule has 0 amide bonds. The first-order valence-corrected chi connectivity index (χ1v) is 6.90. The van der Waals surface area contributed by atoms with Gasteiger partial charge < -0.3 is 10.4 Å². The molecular formula is C13H17BrCl2FN3O. The highest BCUT2D eigenvalue weighted by molar-refractivity contribution is 9.10. The van der Waals surface area contributed by atoms with Gasteiger partial charge >= 0.3 is 0 Å². The molecule has 1 aromatic rings. The summed E-state index contributed by atoms with van der Waals surface area (Å²) in [5, 5.41) is 22.3. The van der Waals surface area contributed by atoms with Gasteiger partial charge in [0, 0.05) is 36.2 Å². The number of aromatic hydroxyl groups is 1. The number of phenolic OH excluding ortho intramolecular Hbond substituents is 1. The number of phenols is 1. The number of rotatable bonds is 3. The highest BCUT2D eigenvalue weighted by atomic mass is 79.9. The summed E-state index contributed by atoms with van der Waals surface area (Å²) in [5.41, 5.74) is 0.634. The van der Waals surface area contributed by atoms with Gasteiger partial charge in [-0.25, -0.2) is 4.39 Å². The fourth-order valence-electron chi connectivity index (χ4n) is 2.34. The van der Waals surface area contributed by atoms with Crippen LogP contribution in [0.15, 0.2) is 16.6 Å². The molecule has 0 saturated carbocycles. The van der Waals surface area contributed by atoms with E-state index in [1.807, 2.05) is 11.0 Å². The normalized spacial score (nSPS) is 16.2. The Kier molecular flexibility index (Phi) is 9.18. The van der Waals surface area contributed by atoms with E-state index in [0.29, 0.717) is 10.0 Å². The van der Waals surface area contributed by atoms with Crippen LogP contribution in [-0.4, -0.2) is 42.9 Å². The molecule has 0 bridgehead atoms. The zero-order valence-electron chi connectivity index (χ0n) is 11.2. The van der Waals surface area contributed by atoms with Crippen molar-refractivity contribution >= 4 is 40.7 Å². The molecule has 2 rings (SSSR count). The summed E-state index contributed by atoms with van der Waals surface area (Å²) < 4.78 is 14.1. The molecule has 1 saturated heterocycles. The zero-order valence-corrected chi connectivity index (χ0v) is 14.4. The number of nitrogens with one attached hydrogen (secondary N) is 1. The molecule has 0 radical (unpaired) electrons. The number of benzene rings is 1. The van der Waals surface area contributed by atoms with Crippen molar-refractivity contribution < 1.29 is 9.50 Å². The van der Waals surface area contributed by atoms with E-state index in [-0.39, 0.29) is 36.1 Å². The highest BCUT2D eigenvalue weighted by Crippen LogP contribution is 2.37. The SMILES string of the molecule is Cl.Cl.N#Cc1ccc(Br)c([C@@H](CF)N2CCNCC2)c1O. The average molecular weight is 401 g/mol. The average Bonchev–Trinajstić information content (AvgIpc) is 2.44. The lowest BCUT2D eigenvalue weighted by molar-refractivity contribution is 0.144. The number of nitrogens with zero attached hydrogens (tertiary/aromatic N) is 2. The fraction of sp³-hybridized carbons (Fsp3) is 0.462. The third-order valence-electron chi connectivity index (χ3n) is 3.36. The predicted molar refractivity (Wildman–Crippen MR) is 88.2 cm³/mol. The number of hydrogen-bond acceptors (Lipinski definition) is 4. The second kappa shape index (κ2) is 9.44. The summed E-state index contributed by atoms with van der Waals surface area (Å²) in [4.78, 5) is 1.98. The summed E-state index contributed by atoms with van der Waals surface area (Å²) in [7, 11) is 0. The van der Waals surface area contributed by atoms with E-state index in [1.54, 1.807) is 6.07 Å². The van der Waals surface area contributed by atoms with Crippen molar-refractivity contribution in [2.45, 2.75) is 6.04 Å². The maximum atomic E-state index is 13.4. The number of hydrogen-bond donors (Lipinski definition) is 2. The number of halogens is 4. The molecule has 0 spiro atoms. The Hall–Kier alpha value is -0.580. The summed E-state index contributed by atoms with van der Waals surface area (Å²) in [5.74, 6) is -0.127. The molecule has 0 aliphatic carbocycles. The van der Waals surface area contributed by atoms with Crippen molar-refractivity contribution in [3.8, 4) is 11.8 Å². The monoisotopic (exact) mass is 399 g/mol. The van der Waals surface area contributed by atoms with Crippen molar-refractivity contribution in [2.24, 2.45) is 0 Å². The Morgan fingerprint density at radius 2 is 2.00 bits per heavy atom. The molecule has 1 fully saturated rings. The minimum atomic E-state index is -0.596. The van der Waals surface area contributed by atoms with E-state index in [9.17, 15) is 9.50 Å². The van der Waals surface area contributed by atoms with Crippen LogP contribution in [0, 0.1) is 11.3 Å². The first-order chi connectivity index (χ1) is 9.19. The molecule has 0 unspecified atom stereocenters. The van der Waals surface area contributed by atoms with Gasteiger partial charge in [0.05, 0.1) is 11.6 Å². The molecule has 21 heavy (non-hydrogen) atoms. The van der Waals surface area contributed by atoms with Crippen LogP contribution in [0.5, 0.6) is 5.75 Å². The largest absolute Gasteiger partial charge is 0.506 e. The molecule has 0 aromatic heterocycles. The first-order valence-electron chi connectivity index (χ1n) is 6.11. The standard InChI is InChI=1S/C13H15BrFN3O.2ClH/c14-10-2-1-9(8-16)13(19)12(10)11(7-15)18-5-3-17-4-6-18;;/h1-2,11,17,19H,3-7H2;2*1H/t11-;;/m1../s1. The minimum absolute atomic E-state index is 0. The van der Waals surface area contributed by atoms with Gasteiger partial charge in [-0.3, -0.25) is 4.90 Å². The van der Waals surface area contributed by atoms with Crippen LogP contribution < -0.4 is 5.32 Å². The van der Waals surface area contributed by atoms with Crippen molar-refractivity contribution in [2.75, 3.05) is 32.9 Å². The zero-order chi connectivity index (χ0) is 13.8. The van der Waals surface area contributed by atoms with E-state index >= 15 is 0 Å². The van der Waals surface area contributed by atoms with Crippen LogP contribution in [0.3, 0.4) is 0 Å². The van der Waals surface area contributed by atoms with Crippen LogP contribution in [0.2, 0.25) is 0 Å². The van der Waals surface area contributed by atoms with Crippen LogP contribution in [0.1, 0.15) is 17.2 Å². The lowest BCUT2D eigenvalue weighted by Crippen LogP contribution is -2.45. The molecule has 4 nitrogen and oxygen atoms in total. The summed E-state index contributed by atoms with van der Waals surface area (Å²) in [6.07, 6.45) is 0. The van der Waals surface area contributed by atoms with Gasteiger partial charge in [-0.1, -0.05) is 15.9 Å². The molecule has 2 N–H and O–H groups in total. The third kappa shape index (κ3) is 4.44. The summed E-state index contributed by atoms with van der Waals surface area (Å²) in [6, 6.07) is 4.60. The van der Waals surface area contributed by atoms with Crippen LogP contribution in [0.4, 0.5) is 4.39 Å². The van der Waals surface area contributed by atoms with Gasteiger partial charge in [0.25, 0.3) is 0 Å².